The van der Waals surface area contributed by atoms with Crippen LogP contribution < -0.4 is 0 Å². The Hall–Kier alpha value is -0.610. The first-order valence-electron chi connectivity index (χ1n) is 8.08. The largest absolute Gasteiger partial charge is 0.390 e. The molecule has 20 heavy (non-hydrogen) atoms. The number of carbonyl (C=O) groups is 1. The third-order valence-corrected chi connectivity index (χ3v) is 4.74. The number of aliphatic hydroxyl groups is 1. The molecule has 2 saturated heterocycles. The third-order valence-electron chi connectivity index (χ3n) is 4.74. The summed E-state index contributed by atoms with van der Waals surface area (Å²) in [5, 5.41) is 10.1. The molecular formula is C16H30N2O2. The minimum absolute atomic E-state index is 0.268. The summed E-state index contributed by atoms with van der Waals surface area (Å²) in [6, 6.07) is 0. The smallest absolute Gasteiger partial charge is 0.236 e. The van der Waals surface area contributed by atoms with Crippen molar-refractivity contribution in [3.63, 3.8) is 0 Å². The molecule has 0 aliphatic carbocycles. The van der Waals surface area contributed by atoms with Crippen molar-refractivity contribution in [2.45, 2.75) is 52.1 Å². The molecule has 1 amide bonds. The average molecular weight is 282 g/mol. The van der Waals surface area contributed by atoms with Gasteiger partial charge in [0, 0.05) is 19.6 Å². The highest BCUT2D eigenvalue weighted by atomic mass is 16.3. The molecule has 2 aliphatic rings. The fourth-order valence-corrected chi connectivity index (χ4v) is 3.64. The van der Waals surface area contributed by atoms with Crippen LogP contribution in [0.2, 0.25) is 0 Å². The first-order chi connectivity index (χ1) is 9.35. The minimum atomic E-state index is -0.550. The van der Waals surface area contributed by atoms with E-state index in [9.17, 15) is 9.90 Å². The van der Waals surface area contributed by atoms with E-state index >= 15 is 0 Å². The van der Waals surface area contributed by atoms with Crippen molar-refractivity contribution >= 4 is 5.91 Å². The van der Waals surface area contributed by atoms with Crippen LogP contribution in [0.4, 0.5) is 0 Å². The predicted molar refractivity (Wildman–Crippen MR) is 80.4 cm³/mol. The minimum Gasteiger partial charge on any atom is -0.390 e. The number of amides is 1. The summed E-state index contributed by atoms with van der Waals surface area (Å²) >= 11 is 0. The molecule has 2 rings (SSSR count). The SMILES string of the molecule is CC1CC(C)CN(C(=O)CN2CCCC(C)(O)CC2)C1. The van der Waals surface area contributed by atoms with Crippen LogP contribution in [-0.2, 0) is 4.79 Å². The Morgan fingerprint density at radius 3 is 2.50 bits per heavy atom. The molecular weight excluding hydrogens is 252 g/mol. The maximum absolute atomic E-state index is 12.5. The van der Waals surface area contributed by atoms with E-state index in [-0.39, 0.29) is 5.91 Å². The van der Waals surface area contributed by atoms with Crippen molar-refractivity contribution < 1.29 is 9.90 Å². The second-order valence-electron chi connectivity index (χ2n) is 7.37. The summed E-state index contributed by atoms with van der Waals surface area (Å²) < 4.78 is 0. The van der Waals surface area contributed by atoms with Crippen molar-refractivity contribution in [3.05, 3.63) is 0 Å². The molecule has 3 unspecified atom stereocenters. The summed E-state index contributed by atoms with van der Waals surface area (Å²) in [6.07, 6.45) is 3.83. The molecule has 4 nitrogen and oxygen atoms in total. The first-order valence-corrected chi connectivity index (χ1v) is 8.08. The lowest BCUT2D eigenvalue weighted by Crippen LogP contribution is -2.47. The van der Waals surface area contributed by atoms with Gasteiger partial charge in [-0.15, -0.1) is 0 Å². The Kier molecular flexibility index (Phi) is 5.08. The lowest BCUT2D eigenvalue weighted by atomic mass is 9.92. The Labute approximate surface area is 123 Å². The van der Waals surface area contributed by atoms with E-state index in [0.717, 1.165) is 45.4 Å². The van der Waals surface area contributed by atoms with Crippen LogP contribution in [-0.4, -0.2) is 59.1 Å². The highest BCUT2D eigenvalue weighted by molar-refractivity contribution is 5.78. The Balaban J connectivity index is 1.84. The molecule has 0 saturated carbocycles. The lowest BCUT2D eigenvalue weighted by molar-refractivity contribution is -0.135. The molecule has 2 fully saturated rings. The number of hydrogen-bond donors (Lipinski definition) is 1. The molecule has 0 aromatic rings. The van der Waals surface area contributed by atoms with Gasteiger partial charge in [0.05, 0.1) is 12.1 Å². The molecule has 4 heteroatoms. The highest BCUT2D eigenvalue weighted by Crippen LogP contribution is 2.23. The maximum Gasteiger partial charge on any atom is 0.236 e. The van der Waals surface area contributed by atoms with Crippen molar-refractivity contribution in [1.82, 2.24) is 9.80 Å². The second kappa shape index (κ2) is 6.44. The van der Waals surface area contributed by atoms with Crippen LogP contribution in [0.5, 0.6) is 0 Å². The molecule has 116 valence electrons. The standard InChI is InChI=1S/C16H30N2O2/c1-13-9-14(2)11-18(10-13)15(19)12-17-7-4-5-16(3,20)6-8-17/h13-14,20H,4-12H2,1-3H3. The average Bonchev–Trinajstić information content (AvgIpc) is 2.50. The van der Waals surface area contributed by atoms with Crippen LogP contribution in [0.1, 0.15) is 46.5 Å². The van der Waals surface area contributed by atoms with Gasteiger partial charge in [-0.05, 0) is 51.0 Å². The van der Waals surface area contributed by atoms with Crippen LogP contribution >= 0.6 is 0 Å². The molecule has 0 radical (unpaired) electrons. The maximum atomic E-state index is 12.5. The summed E-state index contributed by atoms with van der Waals surface area (Å²) in [7, 11) is 0. The van der Waals surface area contributed by atoms with Crippen molar-refractivity contribution in [2.75, 3.05) is 32.7 Å². The number of hydrogen-bond acceptors (Lipinski definition) is 3. The third kappa shape index (κ3) is 4.45. The van der Waals surface area contributed by atoms with E-state index in [4.69, 9.17) is 0 Å². The van der Waals surface area contributed by atoms with Crippen LogP contribution in [0.15, 0.2) is 0 Å². The Bertz CT molecular complexity index is 333. The van der Waals surface area contributed by atoms with Crippen molar-refractivity contribution in [2.24, 2.45) is 11.8 Å². The number of likely N-dealkylation sites (tertiary alicyclic amines) is 2. The van der Waals surface area contributed by atoms with Gasteiger partial charge in [-0.2, -0.15) is 0 Å². The van der Waals surface area contributed by atoms with Crippen molar-refractivity contribution in [1.29, 1.82) is 0 Å². The van der Waals surface area contributed by atoms with Gasteiger partial charge in [-0.25, -0.2) is 0 Å². The monoisotopic (exact) mass is 282 g/mol. The van der Waals surface area contributed by atoms with Crippen LogP contribution in [0.3, 0.4) is 0 Å². The van der Waals surface area contributed by atoms with Gasteiger partial charge in [0.1, 0.15) is 0 Å². The summed E-state index contributed by atoms with van der Waals surface area (Å²) in [5.74, 6) is 1.50. The van der Waals surface area contributed by atoms with Gasteiger partial charge in [-0.1, -0.05) is 13.8 Å². The zero-order valence-electron chi connectivity index (χ0n) is 13.3. The molecule has 0 aromatic heterocycles. The van der Waals surface area contributed by atoms with E-state index < -0.39 is 5.60 Å². The number of piperidine rings is 1. The molecule has 2 aliphatic heterocycles. The van der Waals surface area contributed by atoms with Crippen molar-refractivity contribution in [3.8, 4) is 0 Å². The first kappa shape index (κ1) is 15.8. The van der Waals surface area contributed by atoms with E-state index in [1.165, 1.54) is 6.42 Å². The summed E-state index contributed by atoms with van der Waals surface area (Å²) in [6.45, 7) is 10.5. The highest BCUT2D eigenvalue weighted by Gasteiger charge is 2.29. The Morgan fingerprint density at radius 1 is 1.20 bits per heavy atom. The Morgan fingerprint density at radius 2 is 1.85 bits per heavy atom. The van der Waals surface area contributed by atoms with Gasteiger partial charge < -0.3 is 10.0 Å². The van der Waals surface area contributed by atoms with E-state index in [1.54, 1.807) is 0 Å². The van der Waals surface area contributed by atoms with Crippen LogP contribution in [0.25, 0.3) is 0 Å². The fraction of sp³-hybridized carbons (Fsp3) is 0.938. The van der Waals surface area contributed by atoms with E-state index in [0.29, 0.717) is 18.4 Å². The topological polar surface area (TPSA) is 43.8 Å². The molecule has 3 atom stereocenters. The zero-order chi connectivity index (χ0) is 14.8. The summed E-state index contributed by atoms with van der Waals surface area (Å²) in [5.41, 5.74) is -0.550. The molecule has 2 heterocycles. The van der Waals surface area contributed by atoms with E-state index in [2.05, 4.69) is 18.7 Å². The van der Waals surface area contributed by atoms with Gasteiger partial charge in [0.15, 0.2) is 0 Å². The van der Waals surface area contributed by atoms with Gasteiger partial charge >= 0.3 is 0 Å². The van der Waals surface area contributed by atoms with Gasteiger partial charge in [0.2, 0.25) is 5.91 Å². The number of nitrogens with zero attached hydrogens (tertiary/aromatic N) is 2. The molecule has 1 N–H and O–H groups in total. The zero-order valence-corrected chi connectivity index (χ0v) is 13.3. The number of carbonyl (C=O) groups excluding carboxylic acids is 1. The molecule has 0 bridgehead atoms. The van der Waals surface area contributed by atoms with Gasteiger partial charge in [0.25, 0.3) is 0 Å². The number of rotatable bonds is 2. The molecule has 0 aromatic carbocycles. The summed E-state index contributed by atoms with van der Waals surface area (Å²) in [4.78, 5) is 16.7. The van der Waals surface area contributed by atoms with Crippen LogP contribution in [0, 0.1) is 11.8 Å². The molecule has 0 spiro atoms. The lowest BCUT2D eigenvalue weighted by Gasteiger charge is -2.36. The van der Waals surface area contributed by atoms with Gasteiger partial charge in [-0.3, -0.25) is 9.69 Å². The predicted octanol–water partition coefficient (Wildman–Crippen LogP) is 1.73. The normalized spacial score (nSPS) is 36.7. The van der Waals surface area contributed by atoms with E-state index in [1.807, 2.05) is 11.8 Å². The second-order valence-corrected chi connectivity index (χ2v) is 7.37. The quantitative estimate of drug-likeness (QED) is 0.839. The fourth-order valence-electron chi connectivity index (χ4n) is 3.64.